The highest BCUT2D eigenvalue weighted by atomic mass is 16.4. The first kappa shape index (κ1) is 14.4. The minimum atomic E-state index is -0.829. The van der Waals surface area contributed by atoms with Crippen molar-refractivity contribution in [2.75, 3.05) is 23.7 Å². The standard InChI is InChI=1S/C14H22N2O2/c1-3-11(4-2)9-16(10-14(17)18)13-8-6-5-7-12(13)15/h5-8,11H,3-4,9-10,15H2,1-2H3,(H,17,18). The highest BCUT2D eigenvalue weighted by Crippen LogP contribution is 2.24. The molecule has 0 heterocycles. The van der Waals surface area contributed by atoms with Gasteiger partial charge in [0.15, 0.2) is 0 Å². The van der Waals surface area contributed by atoms with Crippen molar-refractivity contribution < 1.29 is 9.90 Å². The molecule has 0 radical (unpaired) electrons. The van der Waals surface area contributed by atoms with Crippen LogP contribution in [0.25, 0.3) is 0 Å². The molecule has 0 atom stereocenters. The van der Waals surface area contributed by atoms with E-state index in [0.29, 0.717) is 11.6 Å². The maximum atomic E-state index is 11.0. The van der Waals surface area contributed by atoms with Gasteiger partial charge in [0.1, 0.15) is 6.54 Å². The lowest BCUT2D eigenvalue weighted by molar-refractivity contribution is -0.135. The molecule has 0 aliphatic carbocycles. The van der Waals surface area contributed by atoms with Crippen molar-refractivity contribution >= 4 is 17.3 Å². The van der Waals surface area contributed by atoms with Gasteiger partial charge in [0.25, 0.3) is 0 Å². The van der Waals surface area contributed by atoms with Crippen LogP contribution in [0.5, 0.6) is 0 Å². The second-order valence-electron chi connectivity index (χ2n) is 4.52. The molecule has 4 heteroatoms. The molecule has 18 heavy (non-hydrogen) atoms. The molecule has 0 aliphatic heterocycles. The van der Waals surface area contributed by atoms with Gasteiger partial charge in [-0.15, -0.1) is 0 Å². The molecule has 1 aromatic carbocycles. The Bertz CT molecular complexity index is 389. The normalized spacial score (nSPS) is 10.6. The molecule has 100 valence electrons. The molecule has 3 N–H and O–H groups in total. The molecular weight excluding hydrogens is 228 g/mol. The minimum Gasteiger partial charge on any atom is -0.480 e. The van der Waals surface area contributed by atoms with Gasteiger partial charge in [-0.05, 0) is 18.1 Å². The molecule has 0 aliphatic rings. The van der Waals surface area contributed by atoms with Gasteiger partial charge in [-0.3, -0.25) is 4.79 Å². The molecule has 0 bridgehead atoms. The number of anilines is 2. The second-order valence-corrected chi connectivity index (χ2v) is 4.52. The van der Waals surface area contributed by atoms with Crippen molar-refractivity contribution in [3.63, 3.8) is 0 Å². The zero-order chi connectivity index (χ0) is 13.5. The minimum absolute atomic E-state index is 0.00921. The summed E-state index contributed by atoms with van der Waals surface area (Å²) in [6, 6.07) is 7.42. The summed E-state index contributed by atoms with van der Waals surface area (Å²) in [6.45, 7) is 4.97. The lowest BCUT2D eigenvalue weighted by Crippen LogP contribution is -2.34. The molecular formula is C14H22N2O2. The van der Waals surface area contributed by atoms with Crippen molar-refractivity contribution in [2.24, 2.45) is 5.92 Å². The fourth-order valence-corrected chi connectivity index (χ4v) is 2.05. The number of nitrogen functional groups attached to an aromatic ring is 1. The van der Waals surface area contributed by atoms with Crippen LogP contribution in [0.15, 0.2) is 24.3 Å². The van der Waals surface area contributed by atoms with Gasteiger partial charge in [-0.2, -0.15) is 0 Å². The monoisotopic (exact) mass is 250 g/mol. The Labute approximate surface area is 108 Å². The molecule has 1 aromatic rings. The van der Waals surface area contributed by atoms with E-state index in [2.05, 4.69) is 13.8 Å². The summed E-state index contributed by atoms with van der Waals surface area (Å²) in [5.41, 5.74) is 7.36. The number of hydrogen-bond acceptors (Lipinski definition) is 3. The lowest BCUT2D eigenvalue weighted by Gasteiger charge is -2.28. The van der Waals surface area contributed by atoms with Gasteiger partial charge < -0.3 is 15.7 Å². The Morgan fingerprint density at radius 1 is 1.33 bits per heavy atom. The predicted molar refractivity (Wildman–Crippen MR) is 74.8 cm³/mol. The Kier molecular flexibility index (Phi) is 5.49. The first-order valence-corrected chi connectivity index (χ1v) is 6.39. The summed E-state index contributed by atoms with van der Waals surface area (Å²) < 4.78 is 0. The number of rotatable bonds is 7. The third-order valence-electron chi connectivity index (χ3n) is 3.24. The van der Waals surface area contributed by atoms with Gasteiger partial charge in [-0.25, -0.2) is 0 Å². The first-order chi connectivity index (χ1) is 8.58. The van der Waals surface area contributed by atoms with Crippen LogP contribution in [0.4, 0.5) is 11.4 Å². The highest BCUT2D eigenvalue weighted by molar-refractivity contribution is 5.77. The van der Waals surface area contributed by atoms with Crippen LogP contribution < -0.4 is 10.6 Å². The Hall–Kier alpha value is -1.71. The fraction of sp³-hybridized carbons (Fsp3) is 0.500. The van der Waals surface area contributed by atoms with Gasteiger partial charge in [0, 0.05) is 6.54 Å². The number of carbonyl (C=O) groups is 1. The smallest absolute Gasteiger partial charge is 0.323 e. The van der Waals surface area contributed by atoms with E-state index in [9.17, 15) is 4.79 Å². The Morgan fingerprint density at radius 2 is 1.94 bits per heavy atom. The summed E-state index contributed by atoms with van der Waals surface area (Å²) >= 11 is 0. The third kappa shape index (κ3) is 3.95. The Balaban J connectivity index is 2.91. The largest absolute Gasteiger partial charge is 0.480 e. The van der Waals surface area contributed by atoms with Crippen LogP contribution in [0.1, 0.15) is 26.7 Å². The average molecular weight is 250 g/mol. The van der Waals surface area contributed by atoms with E-state index >= 15 is 0 Å². The number of carboxylic acids is 1. The van der Waals surface area contributed by atoms with Gasteiger partial charge >= 0.3 is 5.97 Å². The fourth-order valence-electron chi connectivity index (χ4n) is 2.05. The third-order valence-corrected chi connectivity index (χ3v) is 3.24. The molecule has 0 unspecified atom stereocenters. The zero-order valence-electron chi connectivity index (χ0n) is 11.1. The van der Waals surface area contributed by atoms with E-state index in [0.717, 1.165) is 25.1 Å². The summed E-state index contributed by atoms with van der Waals surface area (Å²) in [5, 5.41) is 9.01. The molecule has 0 amide bonds. The highest BCUT2D eigenvalue weighted by Gasteiger charge is 2.16. The number of para-hydroxylation sites is 2. The number of carboxylic acid groups (broad SMARTS) is 1. The number of hydrogen-bond donors (Lipinski definition) is 2. The Morgan fingerprint density at radius 3 is 2.44 bits per heavy atom. The SMILES string of the molecule is CCC(CC)CN(CC(=O)O)c1ccccc1N. The van der Waals surface area contributed by atoms with Gasteiger partial charge in [0.2, 0.25) is 0 Å². The van der Waals surface area contributed by atoms with Crippen LogP contribution in [-0.2, 0) is 4.79 Å². The first-order valence-electron chi connectivity index (χ1n) is 6.39. The van der Waals surface area contributed by atoms with E-state index in [1.54, 1.807) is 6.07 Å². The summed E-state index contributed by atoms with van der Waals surface area (Å²) in [5.74, 6) is -0.340. The molecule has 0 saturated carbocycles. The van der Waals surface area contributed by atoms with Crippen molar-refractivity contribution in [3.8, 4) is 0 Å². The molecule has 0 aromatic heterocycles. The van der Waals surface area contributed by atoms with Crippen LogP contribution in [-0.4, -0.2) is 24.2 Å². The van der Waals surface area contributed by atoms with Crippen LogP contribution in [0, 0.1) is 5.92 Å². The number of benzene rings is 1. The lowest BCUT2D eigenvalue weighted by atomic mass is 10.0. The predicted octanol–water partition coefficient (Wildman–Crippen LogP) is 2.60. The van der Waals surface area contributed by atoms with Gasteiger partial charge in [-0.1, -0.05) is 38.8 Å². The van der Waals surface area contributed by atoms with Crippen LogP contribution >= 0.6 is 0 Å². The average Bonchev–Trinajstić information content (AvgIpc) is 2.34. The van der Waals surface area contributed by atoms with E-state index < -0.39 is 5.97 Å². The maximum absolute atomic E-state index is 11.0. The maximum Gasteiger partial charge on any atom is 0.323 e. The quantitative estimate of drug-likeness (QED) is 0.730. The van der Waals surface area contributed by atoms with Crippen molar-refractivity contribution in [1.29, 1.82) is 0 Å². The van der Waals surface area contributed by atoms with Crippen LogP contribution in [0.2, 0.25) is 0 Å². The second kappa shape index (κ2) is 6.89. The molecule has 0 saturated heterocycles. The van der Waals surface area contributed by atoms with Gasteiger partial charge in [0.05, 0.1) is 11.4 Å². The van der Waals surface area contributed by atoms with Crippen LogP contribution in [0.3, 0.4) is 0 Å². The van der Waals surface area contributed by atoms with E-state index in [1.807, 2.05) is 23.1 Å². The molecule has 4 nitrogen and oxygen atoms in total. The molecule has 0 spiro atoms. The van der Waals surface area contributed by atoms with Crippen molar-refractivity contribution in [2.45, 2.75) is 26.7 Å². The topological polar surface area (TPSA) is 66.6 Å². The number of nitrogens with zero attached hydrogens (tertiary/aromatic N) is 1. The summed E-state index contributed by atoms with van der Waals surface area (Å²) in [7, 11) is 0. The molecule has 1 rings (SSSR count). The summed E-state index contributed by atoms with van der Waals surface area (Å²) in [6.07, 6.45) is 2.08. The number of aliphatic carboxylic acids is 1. The molecule has 0 fully saturated rings. The van der Waals surface area contributed by atoms with E-state index in [-0.39, 0.29) is 6.54 Å². The zero-order valence-corrected chi connectivity index (χ0v) is 11.1. The summed E-state index contributed by atoms with van der Waals surface area (Å²) in [4.78, 5) is 12.8. The van der Waals surface area contributed by atoms with Crippen molar-refractivity contribution in [1.82, 2.24) is 0 Å². The number of nitrogens with two attached hydrogens (primary N) is 1. The van der Waals surface area contributed by atoms with E-state index in [1.165, 1.54) is 0 Å². The van der Waals surface area contributed by atoms with Crippen molar-refractivity contribution in [3.05, 3.63) is 24.3 Å². The van der Waals surface area contributed by atoms with E-state index in [4.69, 9.17) is 10.8 Å².